The number of nitrogens with one attached hydrogen (secondary N) is 1. The van der Waals surface area contributed by atoms with Crippen LogP contribution in [-0.4, -0.2) is 21.4 Å². The number of hydrogen-bond donors (Lipinski definition) is 2. The first kappa shape index (κ1) is 13.0. The first-order valence-electron chi connectivity index (χ1n) is 6.38. The lowest BCUT2D eigenvalue weighted by Gasteiger charge is -2.22. The van der Waals surface area contributed by atoms with Crippen LogP contribution < -0.4 is 11.1 Å². The van der Waals surface area contributed by atoms with E-state index in [-0.39, 0.29) is 11.4 Å². The normalized spacial score (nSPS) is 17.7. The molecule has 0 atom stereocenters. The second-order valence-corrected chi connectivity index (χ2v) is 5.27. The van der Waals surface area contributed by atoms with Gasteiger partial charge in [0.15, 0.2) is 0 Å². The summed E-state index contributed by atoms with van der Waals surface area (Å²) in [4.78, 5) is 20.3. The fraction of sp³-hybridized carbons (Fsp3) is 0.615. The summed E-state index contributed by atoms with van der Waals surface area (Å²) in [5.41, 5.74) is 7.54. The highest BCUT2D eigenvalue weighted by molar-refractivity contribution is 5.89. The van der Waals surface area contributed by atoms with Crippen molar-refractivity contribution < 1.29 is 4.79 Å². The van der Waals surface area contributed by atoms with E-state index in [2.05, 4.69) is 15.3 Å². The molecule has 0 radical (unpaired) electrons. The van der Waals surface area contributed by atoms with Crippen molar-refractivity contribution in [1.82, 2.24) is 9.97 Å². The Hall–Kier alpha value is -1.49. The number of hydrogen-bond acceptors (Lipinski definition) is 4. The molecule has 98 valence electrons. The molecule has 2 rings (SSSR count). The van der Waals surface area contributed by atoms with Gasteiger partial charge < -0.3 is 5.73 Å². The Morgan fingerprint density at radius 3 is 2.44 bits per heavy atom. The van der Waals surface area contributed by atoms with Crippen molar-refractivity contribution >= 4 is 11.9 Å². The molecule has 5 heteroatoms. The SMILES string of the molecule is Cc1cc(C)nc(NC(=O)CC2(N)CCCC2)n1. The molecule has 1 saturated carbocycles. The van der Waals surface area contributed by atoms with E-state index in [0.29, 0.717) is 12.4 Å². The van der Waals surface area contributed by atoms with Crippen molar-refractivity contribution in [2.24, 2.45) is 5.73 Å². The summed E-state index contributed by atoms with van der Waals surface area (Å²) < 4.78 is 0. The third-order valence-electron chi connectivity index (χ3n) is 3.35. The van der Waals surface area contributed by atoms with Crippen molar-refractivity contribution in [2.75, 3.05) is 5.32 Å². The van der Waals surface area contributed by atoms with Gasteiger partial charge in [0.2, 0.25) is 11.9 Å². The number of anilines is 1. The molecule has 1 aliphatic carbocycles. The Balaban J connectivity index is 1.98. The Bertz CT molecular complexity index is 432. The number of carbonyl (C=O) groups excluding carboxylic acids is 1. The maximum Gasteiger partial charge on any atom is 0.229 e. The zero-order valence-electron chi connectivity index (χ0n) is 11.0. The van der Waals surface area contributed by atoms with Crippen LogP contribution in [0.4, 0.5) is 5.95 Å². The van der Waals surface area contributed by atoms with Gasteiger partial charge in [0.1, 0.15) is 0 Å². The smallest absolute Gasteiger partial charge is 0.229 e. The average Bonchev–Trinajstić information content (AvgIpc) is 2.62. The van der Waals surface area contributed by atoms with E-state index in [9.17, 15) is 4.79 Å². The van der Waals surface area contributed by atoms with Gasteiger partial charge in [-0.25, -0.2) is 9.97 Å². The van der Waals surface area contributed by atoms with Crippen molar-refractivity contribution in [1.29, 1.82) is 0 Å². The zero-order chi connectivity index (χ0) is 13.2. The zero-order valence-corrected chi connectivity index (χ0v) is 11.0. The van der Waals surface area contributed by atoms with Gasteiger partial charge in [-0.05, 0) is 32.8 Å². The van der Waals surface area contributed by atoms with Gasteiger partial charge in [0.05, 0.1) is 0 Å². The van der Waals surface area contributed by atoms with Crippen LogP contribution in [0, 0.1) is 13.8 Å². The molecule has 0 unspecified atom stereocenters. The van der Waals surface area contributed by atoms with Gasteiger partial charge in [0, 0.05) is 23.3 Å². The van der Waals surface area contributed by atoms with Gasteiger partial charge in [-0.15, -0.1) is 0 Å². The molecule has 5 nitrogen and oxygen atoms in total. The number of amides is 1. The fourth-order valence-corrected chi connectivity index (χ4v) is 2.53. The Labute approximate surface area is 107 Å². The van der Waals surface area contributed by atoms with Crippen LogP contribution in [0.1, 0.15) is 43.5 Å². The van der Waals surface area contributed by atoms with Crippen LogP contribution in [0.3, 0.4) is 0 Å². The summed E-state index contributed by atoms with van der Waals surface area (Å²) in [7, 11) is 0. The van der Waals surface area contributed by atoms with Crippen LogP contribution in [0.25, 0.3) is 0 Å². The van der Waals surface area contributed by atoms with E-state index in [0.717, 1.165) is 37.1 Å². The van der Waals surface area contributed by atoms with Crippen molar-refractivity contribution in [3.8, 4) is 0 Å². The highest BCUT2D eigenvalue weighted by atomic mass is 16.1. The number of nitrogens with two attached hydrogens (primary N) is 1. The van der Waals surface area contributed by atoms with Crippen molar-refractivity contribution in [3.05, 3.63) is 17.5 Å². The number of aromatic nitrogens is 2. The molecular weight excluding hydrogens is 228 g/mol. The Morgan fingerprint density at radius 1 is 1.33 bits per heavy atom. The molecule has 3 N–H and O–H groups in total. The van der Waals surface area contributed by atoms with Crippen molar-refractivity contribution in [3.63, 3.8) is 0 Å². The lowest BCUT2D eigenvalue weighted by Crippen LogP contribution is -2.40. The predicted octanol–water partition coefficient (Wildman–Crippen LogP) is 1.69. The van der Waals surface area contributed by atoms with E-state index < -0.39 is 0 Å². The average molecular weight is 248 g/mol. The monoisotopic (exact) mass is 248 g/mol. The maximum absolute atomic E-state index is 11.9. The number of carbonyl (C=O) groups is 1. The number of rotatable bonds is 3. The minimum absolute atomic E-state index is 0.0931. The molecule has 0 spiro atoms. The second kappa shape index (κ2) is 5.02. The van der Waals surface area contributed by atoms with Gasteiger partial charge in [0.25, 0.3) is 0 Å². The predicted molar refractivity (Wildman–Crippen MR) is 70.1 cm³/mol. The Kier molecular flexibility index (Phi) is 3.61. The minimum atomic E-state index is -0.330. The molecule has 1 aliphatic rings. The van der Waals surface area contributed by atoms with E-state index >= 15 is 0 Å². The molecular formula is C13H20N4O. The number of aryl methyl sites for hydroxylation is 2. The first-order valence-corrected chi connectivity index (χ1v) is 6.38. The van der Waals surface area contributed by atoms with Gasteiger partial charge in [-0.3, -0.25) is 10.1 Å². The summed E-state index contributed by atoms with van der Waals surface area (Å²) >= 11 is 0. The van der Waals surface area contributed by atoms with Crippen LogP contribution in [-0.2, 0) is 4.79 Å². The quantitative estimate of drug-likeness (QED) is 0.853. The van der Waals surface area contributed by atoms with Crippen LogP contribution in [0.15, 0.2) is 6.07 Å². The van der Waals surface area contributed by atoms with E-state index in [1.807, 2.05) is 19.9 Å². The second-order valence-electron chi connectivity index (χ2n) is 5.27. The first-order chi connectivity index (χ1) is 8.47. The minimum Gasteiger partial charge on any atom is -0.325 e. The van der Waals surface area contributed by atoms with Gasteiger partial charge >= 0.3 is 0 Å². The molecule has 1 aromatic rings. The molecule has 0 saturated heterocycles. The van der Waals surface area contributed by atoms with Crippen LogP contribution in [0.5, 0.6) is 0 Å². The summed E-state index contributed by atoms with van der Waals surface area (Å²) in [5.74, 6) is 0.281. The molecule has 0 bridgehead atoms. The summed E-state index contributed by atoms with van der Waals surface area (Å²) in [5, 5.41) is 2.73. The third-order valence-corrected chi connectivity index (χ3v) is 3.35. The molecule has 0 aromatic carbocycles. The van der Waals surface area contributed by atoms with E-state index in [1.165, 1.54) is 0 Å². The fourth-order valence-electron chi connectivity index (χ4n) is 2.53. The van der Waals surface area contributed by atoms with Gasteiger partial charge in [-0.2, -0.15) is 0 Å². The highest BCUT2D eigenvalue weighted by Gasteiger charge is 2.31. The molecule has 1 amide bonds. The van der Waals surface area contributed by atoms with Crippen LogP contribution in [0.2, 0.25) is 0 Å². The summed E-state index contributed by atoms with van der Waals surface area (Å²) in [6.45, 7) is 3.76. The summed E-state index contributed by atoms with van der Waals surface area (Å²) in [6, 6.07) is 1.87. The largest absolute Gasteiger partial charge is 0.325 e. The number of nitrogens with zero attached hydrogens (tertiary/aromatic N) is 2. The summed E-state index contributed by atoms with van der Waals surface area (Å²) in [6.07, 6.45) is 4.43. The topological polar surface area (TPSA) is 80.9 Å². The van der Waals surface area contributed by atoms with Crippen LogP contribution >= 0.6 is 0 Å². The molecule has 0 aliphatic heterocycles. The molecule has 1 fully saturated rings. The van der Waals surface area contributed by atoms with Crippen molar-refractivity contribution in [2.45, 2.75) is 51.5 Å². The Morgan fingerprint density at radius 2 is 1.89 bits per heavy atom. The third kappa shape index (κ3) is 3.26. The molecule has 1 aromatic heterocycles. The van der Waals surface area contributed by atoms with E-state index in [1.54, 1.807) is 0 Å². The lowest BCUT2D eigenvalue weighted by molar-refractivity contribution is -0.117. The molecule has 1 heterocycles. The lowest BCUT2D eigenvalue weighted by atomic mass is 9.94. The maximum atomic E-state index is 11.9. The highest BCUT2D eigenvalue weighted by Crippen LogP contribution is 2.30. The standard InChI is InChI=1S/C13H20N4O/c1-9-7-10(2)16-12(15-9)17-11(18)8-13(14)5-3-4-6-13/h7H,3-6,8,14H2,1-2H3,(H,15,16,17,18). The van der Waals surface area contributed by atoms with E-state index in [4.69, 9.17) is 5.73 Å². The van der Waals surface area contributed by atoms with Gasteiger partial charge in [-0.1, -0.05) is 12.8 Å². The molecule has 18 heavy (non-hydrogen) atoms.